The number of fused-ring (bicyclic) bond motifs is 1. The van der Waals surface area contributed by atoms with Gasteiger partial charge in [-0.25, -0.2) is 9.98 Å². The maximum absolute atomic E-state index is 10.3. The molecule has 1 heterocycles. The predicted octanol–water partition coefficient (Wildman–Crippen LogP) is 4.45. The van der Waals surface area contributed by atoms with Crippen LogP contribution in [0.25, 0.3) is 10.8 Å². The highest BCUT2D eigenvalue weighted by Crippen LogP contribution is 2.33. The smallest absolute Gasteiger partial charge is 0.151 e. The Hall–Kier alpha value is -2.20. The van der Waals surface area contributed by atoms with Crippen molar-refractivity contribution in [2.24, 2.45) is 4.99 Å². The van der Waals surface area contributed by atoms with Gasteiger partial charge in [0.25, 0.3) is 0 Å². The average Bonchev–Trinajstić information content (AvgIpc) is 2.50. The van der Waals surface area contributed by atoms with Crippen LogP contribution < -0.4 is 0 Å². The molecule has 0 saturated carbocycles. The van der Waals surface area contributed by atoms with Gasteiger partial charge in [-0.15, -0.1) is 0 Å². The van der Waals surface area contributed by atoms with Gasteiger partial charge in [-0.3, -0.25) is 0 Å². The van der Waals surface area contributed by atoms with Crippen LogP contribution in [0.3, 0.4) is 0 Å². The molecule has 0 fully saturated rings. The number of benzene rings is 2. The molecule has 0 atom stereocenters. The molecule has 0 aliphatic rings. The lowest BCUT2D eigenvalue weighted by Crippen LogP contribution is -1.86. The second kappa shape index (κ2) is 5.43. The van der Waals surface area contributed by atoms with Crippen LogP contribution in [0.15, 0.2) is 64.2 Å². The van der Waals surface area contributed by atoms with E-state index in [2.05, 4.69) is 25.9 Å². The summed E-state index contributed by atoms with van der Waals surface area (Å²) in [6.45, 7) is 0. The quantitative estimate of drug-likeness (QED) is 0.707. The molecule has 0 aliphatic carbocycles. The molecule has 0 amide bonds. The summed E-state index contributed by atoms with van der Waals surface area (Å²) in [5.74, 6) is 0.833. The molecular formula is C16H11BrN2O. The van der Waals surface area contributed by atoms with Crippen LogP contribution in [0.2, 0.25) is 0 Å². The molecule has 0 saturated heterocycles. The molecule has 3 nitrogen and oxygen atoms in total. The number of aromatic hydroxyl groups is 1. The molecule has 0 aliphatic heterocycles. The Morgan fingerprint density at radius 3 is 2.55 bits per heavy atom. The van der Waals surface area contributed by atoms with E-state index >= 15 is 0 Å². The highest BCUT2D eigenvalue weighted by atomic mass is 79.9. The second-order valence-corrected chi connectivity index (χ2v) is 5.14. The molecule has 0 spiro atoms. The largest absolute Gasteiger partial charge is 0.507 e. The zero-order chi connectivity index (χ0) is 13.9. The van der Waals surface area contributed by atoms with Crippen molar-refractivity contribution in [3.63, 3.8) is 0 Å². The topological polar surface area (TPSA) is 45.5 Å². The van der Waals surface area contributed by atoms with Gasteiger partial charge in [0.1, 0.15) is 5.75 Å². The molecule has 1 N–H and O–H groups in total. The van der Waals surface area contributed by atoms with Gasteiger partial charge in [0, 0.05) is 27.8 Å². The lowest BCUT2D eigenvalue weighted by Gasteiger charge is -2.06. The van der Waals surface area contributed by atoms with Crippen molar-refractivity contribution in [3.05, 3.63) is 64.8 Å². The minimum absolute atomic E-state index is 0.225. The zero-order valence-electron chi connectivity index (χ0n) is 10.5. The maximum atomic E-state index is 10.3. The van der Waals surface area contributed by atoms with Crippen LogP contribution in [0.5, 0.6) is 5.75 Å². The van der Waals surface area contributed by atoms with E-state index in [-0.39, 0.29) is 5.75 Å². The number of phenolic OH excluding ortho intramolecular Hbond substituents is 1. The summed E-state index contributed by atoms with van der Waals surface area (Å²) in [5, 5.41) is 12.1. The normalized spacial score (nSPS) is 11.2. The van der Waals surface area contributed by atoms with E-state index in [9.17, 15) is 5.11 Å². The summed E-state index contributed by atoms with van der Waals surface area (Å²) in [6, 6.07) is 15.0. The molecule has 20 heavy (non-hydrogen) atoms. The van der Waals surface area contributed by atoms with Crippen molar-refractivity contribution in [1.29, 1.82) is 0 Å². The Kier molecular flexibility index (Phi) is 3.48. The number of aromatic nitrogens is 1. The first-order valence-corrected chi connectivity index (χ1v) is 6.90. The molecule has 4 heteroatoms. The number of halogens is 1. The minimum atomic E-state index is 0.225. The fraction of sp³-hybridized carbons (Fsp3) is 0. The lowest BCUT2D eigenvalue weighted by atomic mass is 10.1. The lowest BCUT2D eigenvalue weighted by molar-refractivity contribution is 0.481. The minimum Gasteiger partial charge on any atom is -0.507 e. The van der Waals surface area contributed by atoms with Gasteiger partial charge in [0.2, 0.25) is 0 Å². The SMILES string of the molecule is Oc1c(C=Nc2ccccn2)cc(Br)c2ccccc12. The molecule has 0 bridgehead atoms. The van der Waals surface area contributed by atoms with Crippen molar-refractivity contribution in [3.8, 4) is 5.75 Å². The Labute approximate surface area is 124 Å². The van der Waals surface area contributed by atoms with E-state index in [4.69, 9.17) is 0 Å². The van der Waals surface area contributed by atoms with Gasteiger partial charge in [-0.05, 0) is 23.6 Å². The first kappa shape index (κ1) is 12.8. The number of aliphatic imine (C=N–C) groups is 1. The fourth-order valence-electron chi connectivity index (χ4n) is 2.00. The predicted molar refractivity (Wildman–Crippen MR) is 84.8 cm³/mol. The monoisotopic (exact) mass is 326 g/mol. The molecule has 2 aromatic carbocycles. The van der Waals surface area contributed by atoms with Crippen LogP contribution >= 0.6 is 15.9 Å². The maximum Gasteiger partial charge on any atom is 0.151 e. The van der Waals surface area contributed by atoms with Gasteiger partial charge in [-0.1, -0.05) is 46.3 Å². The standard InChI is InChI=1S/C16H11BrN2O/c17-14-9-11(10-19-15-7-3-4-8-18-15)16(20)13-6-2-1-5-12(13)14/h1-10,20H. The molecule has 0 unspecified atom stereocenters. The first-order chi connectivity index (χ1) is 9.75. The fourth-order valence-corrected chi connectivity index (χ4v) is 2.59. The van der Waals surface area contributed by atoms with Crippen molar-refractivity contribution in [1.82, 2.24) is 4.98 Å². The van der Waals surface area contributed by atoms with E-state index in [1.165, 1.54) is 0 Å². The molecule has 0 radical (unpaired) electrons. The van der Waals surface area contributed by atoms with Gasteiger partial charge < -0.3 is 5.11 Å². The molecular weight excluding hydrogens is 316 g/mol. The van der Waals surface area contributed by atoms with Crippen molar-refractivity contribution in [2.45, 2.75) is 0 Å². The van der Waals surface area contributed by atoms with Gasteiger partial charge in [0.05, 0.1) is 0 Å². The Morgan fingerprint density at radius 2 is 1.80 bits per heavy atom. The van der Waals surface area contributed by atoms with E-state index in [0.29, 0.717) is 11.4 Å². The molecule has 98 valence electrons. The summed E-state index contributed by atoms with van der Waals surface area (Å²) in [5.41, 5.74) is 0.654. The summed E-state index contributed by atoms with van der Waals surface area (Å²) < 4.78 is 0.924. The van der Waals surface area contributed by atoms with E-state index in [1.54, 1.807) is 12.4 Å². The van der Waals surface area contributed by atoms with E-state index in [0.717, 1.165) is 15.2 Å². The Balaban J connectivity index is 2.09. The van der Waals surface area contributed by atoms with Gasteiger partial charge in [-0.2, -0.15) is 0 Å². The van der Waals surface area contributed by atoms with Crippen molar-refractivity contribution < 1.29 is 5.11 Å². The van der Waals surface area contributed by atoms with Gasteiger partial charge in [0.15, 0.2) is 5.82 Å². The summed E-state index contributed by atoms with van der Waals surface area (Å²) in [6.07, 6.45) is 3.30. The van der Waals surface area contributed by atoms with Crippen LogP contribution in [0, 0.1) is 0 Å². The second-order valence-electron chi connectivity index (χ2n) is 4.29. The Bertz CT molecular complexity index is 785. The van der Waals surface area contributed by atoms with Crippen LogP contribution in [0.1, 0.15) is 5.56 Å². The highest BCUT2D eigenvalue weighted by molar-refractivity contribution is 9.10. The van der Waals surface area contributed by atoms with Crippen LogP contribution in [-0.2, 0) is 0 Å². The van der Waals surface area contributed by atoms with Crippen LogP contribution in [0.4, 0.5) is 5.82 Å². The zero-order valence-corrected chi connectivity index (χ0v) is 12.1. The third kappa shape index (κ3) is 2.42. The number of phenols is 1. The average molecular weight is 327 g/mol. The molecule has 3 aromatic rings. The number of hydrogen-bond acceptors (Lipinski definition) is 3. The third-order valence-corrected chi connectivity index (χ3v) is 3.64. The summed E-state index contributed by atoms with van der Waals surface area (Å²) in [7, 11) is 0. The number of rotatable bonds is 2. The number of nitrogens with zero attached hydrogens (tertiary/aromatic N) is 2. The first-order valence-electron chi connectivity index (χ1n) is 6.11. The number of hydrogen-bond donors (Lipinski definition) is 1. The molecule has 3 rings (SSSR count). The summed E-state index contributed by atoms with van der Waals surface area (Å²) >= 11 is 3.52. The Morgan fingerprint density at radius 1 is 1.05 bits per heavy atom. The van der Waals surface area contributed by atoms with Crippen LogP contribution in [-0.4, -0.2) is 16.3 Å². The van der Waals surface area contributed by atoms with Crippen molar-refractivity contribution >= 4 is 38.7 Å². The highest BCUT2D eigenvalue weighted by Gasteiger charge is 2.08. The van der Waals surface area contributed by atoms with Gasteiger partial charge >= 0.3 is 0 Å². The third-order valence-electron chi connectivity index (χ3n) is 2.98. The molecule has 1 aromatic heterocycles. The van der Waals surface area contributed by atoms with E-state index < -0.39 is 0 Å². The van der Waals surface area contributed by atoms with E-state index in [1.807, 2.05) is 48.5 Å². The summed E-state index contributed by atoms with van der Waals surface area (Å²) in [4.78, 5) is 8.39. The number of pyridine rings is 1. The van der Waals surface area contributed by atoms with Crippen molar-refractivity contribution in [2.75, 3.05) is 0 Å².